The largest absolute Gasteiger partial charge is 0.476 e. The minimum Gasteiger partial charge on any atom is -0.476 e. The van der Waals surface area contributed by atoms with Gasteiger partial charge in [0.1, 0.15) is 6.54 Å². The summed E-state index contributed by atoms with van der Waals surface area (Å²) in [6, 6.07) is 0.454. The first-order chi connectivity index (χ1) is 8.99. The Morgan fingerprint density at radius 1 is 1.53 bits per heavy atom. The molecular formula is C12H18N4O3. The van der Waals surface area contributed by atoms with Crippen LogP contribution in [0, 0.1) is 0 Å². The van der Waals surface area contributed by atoms with Crippen molar-refractivity contribution >= 4 is 11.9 Å². The Hall–Kier alpha value is -1.92. The van der Waals surface area contributed by atoms with Crippen molar-refractivity contribution in [2.45, 2.75) is 51.7 Å². The molecule has 7 nitrogen and oxygen atoms in total. The van der Waals surface area contributed by atoms with Crippen LogP contribution in [0.5, 0.6) is 0 Å². The summed E-state index contributed by atoms with van der Waals surface area (Å²) in [6.45, 7) is 4.01. The van der Waals surface area contributed by atoms with Gasteiger partial charge in [-0.2, -0.15) is 0 Å². The lowest BCUT2D eigenvalue weighted by Crippen LogP contribution is -2.49. The van der Waals surface area contributed by atoms with E-state index in [9.17, 15) is 9.59 Å². The van der Waals surface area contributed by atoms with E-state index in [0.717, 1.165) is 19.3 Å². The second kappa shape index (κ2) is 5.38. The van der Waals surface area contributed by atoms with Gasteiger partial charge in [0.2, 0.25) is 5.91 Å². The standard InChI is InChI=1S/C12H18N4O3/c1-8(2)16(9-4-3-5-9)11(17)7-15-6-10(12(18)19)13-14-15/h6,8-9H,3-5,7H2,1-2H3,(H,18,19). The molecule has 0 radical (unpaired) electrons. The maximum absolute atomic E-state index is 12.3. The highest BCUT2D eigenvalue weighted by Gasteiger charge is 2.30. The normalized spacial score (nSPS) is 15.3. The summed E-state index contributed by atoms with van der Waals surface area (Å²) in [5.41, 5.74) is -0.146. The van der Waals surface area contributed by atoms with E-state index >= 15 is 0 Å². The molecule has 1 heterocycles. The average molecular weight is 266 g/mol. The van der Waals surface area contributed by atoms with Gasteiger partial charge in [0.05, 0.1) is 6.20 Å². The first-order valence-corrected chi connectivity index (χ1v) is 6.43. The molecule has 0 unspecified atom stereocenters. The van der Waals surface area contributed by atoms with Crippen molar-refractivity contribution in [3.8, 4) is 0 Å². The van der Waals surface area contributed by atoms with Gasteiger partial charge in [-0.15, -0.1) is 5.10 Å². The van der Waals surface area contributed by atoms with E-state index in [0.29, 0.717) is 6.04 Å². The second-order valence-electron chi connectivity index (χ2n) is 5.09. The zero-order valence-corrected chi connectivity index (χ0v) is 11.1. The third-order valence-electron chi connectivity index (χ3n) is 3.37. The Balaban J connectivity index is 2.03. The van der Waals surface area contributed by atoms with Crippen molar-refractivity contribution in [2.24, 2.45) is 0 Å². The zero-order chi connectivity index (χ0) is 14.0. The number of carbonyl (C=O) groups excluding carboxylic acids is 1. The van der Waals surface area contributed by atoms with Gasteiger partial charge in [-0.25, -0.2) is 9.48 Å². The van der Waals surface area contributed by atoms with Crippen molar-refractivity contribution in [1.82, 2.24) is 19.9 Å². The van der Waals surface area contributed by atoms with Gasteiger partial charge < -0.3 is 10.0 Å². The third kappa shape index (κ3) is 2.91. The van der Waals surface area contributed by atoms with Crippen molar-refractivity contribution in [2.75, 3.05) is 0 Å². The number of carbonyl (C=O) groups is 2. The molecule has 0 aromatic carbocycles. The van der Waals surface area contributed by atoms with Crippen LogP contribution < -0.4 is 0 Å². The van der Waals surface area contributed by atoms with E-state index in [1.54, 1.807) is 0 Å². The van der Waals surface area contributed by atoms with E-state index in [-0.39, 0.29) is 24.2 Å². The molecule has 1 amide bonds. The molecule has 7 heteroatoms. The van der Waals surface area contributed by atoms with Gasteiger partial charge in [-0.05, 0) is 33.1 Å². The van der Waals surface area contributed by atoms with Gasteiger partial charge in [0.15, 0.2) is 5.69 Å². The first kappa shape index (κ1) is 13.5. The summed E-state index contributed by atoms with van der Waals surface area (Å²) < 4.78 is 1.28. The number of hydrogen-bond acceptors (Lipinski definition) is 4. The summed E-state index contributed by atoms with van der Waals surface area (Å²) in [4.78, 5) is 24.8. The summed E-state index contributed by atoms with van der Waals surface area (Å²) in [5.74, 6) is -1.18. The van der Waals surface area contributed by atoms with E-state index in [4.69, 9.17) is 5.11 Å². The molecule has 1 N–H and O–H groups in total. The predicted octanol–water partition coefficient (Wildman–Crippen LogP) is 0.766. The monoisotopic (exact) mass is 266 g/mol. The van der Waals surface area contributed by atoms with Crippen molar-refractivity contribution in [3.05, 3.63) is 11.9 Å². The number of carboxylic acids is 1. The Morgan fingerprint density at radius 2 is 2.21 bits per heavy atom. The fourth-order valence-electron chi connectivity index (χ4n) is 2.27. The van der Waals surface area contributed by atoms with E-state index < -0.39 is 5.97 Å². The van der Waals surface area contributed by atoms with Gasteiger partial charge in [-0.3, -0.25) is 4.79 Å². The average Bonchev–Trinajstić information content (AvgIpc) is 2.70. The molecule has 2 rings (SSSR count). The van der Waals surface area contributed by atoms with Gasteiger partial charge in [-0.1, -0.05) is 5.21 Å². The van der Waals surface area contributed by atoms with Crippen LogP contribution in [0.15, 0.2) is 6.20 Å². The van der Waals surface area contributed by atoms with Crippen LogP contribution in [0.3, 0.4) is 0 Å². The van der Waals surface area contributed by atoms with Crippen LogP contribution in [-0.2, 0) is 11.3 Å². The molecule has 1 aromatic rings. The quantitative estimate of drug-likeness (QED) is 0.850. The maximum atomic E-state index is 12.3. The molecule has 1 aliphatic rings. The van der Waals surface area contributed by atoms with Crippen LogP contribution in [-0.4, -0.2) is 49.0 Å². The van der Waals surface area contributed by atoms with Crippen molar-refractivity contribution < 1.29 is 14.7 Å². The maximum Gasteiger partial charge on any atom is 0.358 e. The lowest BCUT2D eigenvalue weighted by molar-refractivity contribution is -0.138. The Labute approximate surface area is 111 Å². The van der Waals surface area contributed by atoms with Crippen LogP contribution in [0.25, 0.3) is 0 Å². The molecule has 19 heavy (non-hydrogen) atoms. The van der Waals surface area contributed by atoms with Crippen LogP contribution >= 0.6 is 0 Å². The topological polar surface area (TPSA) is 88.3 Å². The SMILES string of the molecule is CC(C)N(C(=O)Cn1cc(C(=O)O)nn1)C1CCC1. The van der Waals surface area contributed by atoms with Crippen molar-refractivity contribution in [3.63, 3.8) is 0 Å². The van der Waals surface area contributed by atoms with Gasteiger partial charge in [0.25, 0.3) is 0 Å². The predicted molar refractivity (Wildman–Crippen MR) is 66.6 cm³/mol. The number of aromatic nitrogens is 3. The van der Waals surface area contributed by atoms with Crippen LogP contribution in [0.1, 0.15) is 43.6 Å². The number of amides is 1. The molecule has 1 aromatic heterocycles. The number of rotatable bonds is 5. The highest BCUT2D eigenvalue weighted by Crippen LogP contribution is 2.26. The molecular weight excluding hydrogens is 248 g/mol. The third-order valence-corrected chi connectivity index (χ3v) is 3.37. The van der Waals surface area contributed by atoms with Gasteiger partial charge >= 0.3 is 5.97 Å². The Kier molecular flexibility index (Phi) is 3.82. The lowest BCUT2D eigenvalue weighted by Gasteiger charge is -2.40. The number of nitrogens with zero attached hydrogens (tertiary/aromatic N) is 4. The number of hydrogen-bond donors (Lipinski definition) is 1. The molecule has 0 spiro atoms. The first-order valence-electron chi connectivity index (χ1n) is 6.43. The Morgan fingerprint density at radius 3 is 2.63 bits per heavy atom. The highest BCUT2D eigenvalue weighted by molar-refractivity contribution is 5.84. The molecule has 0 aliphatic heterocycles. The van der Waals surface area contributed by atoms with E-state index in [1.807, 2.05) is 18.7 Å². The molecule has 1 saturated carbocycles. The summed E-state index contributed by atoms with van der Waals surface area (Å²) in [7, 11) is 0. The minimum absolute atomic E-state index is 0.0367. The summed E-state index contributed by atoms with van der Waals surface area (Å²) >= 11 is 0. The highest BCUT2D eigenvalue weighted by atomic mass is 16.4. The van der Waals surface area contributed by atoms with Crippen LogP contribution in [0.4, 0.5) is 0 Å². The molecule has 0 bridgehead atoms. The second-order valence-corrected chi connectivity index (χ2v) is 5.09. The molecule has 0 saturated heterocycles. The van der Waals surface area contributed by atoms with Gasteiger partial charge in [0, 0.05) is 12.1 Å². The number of carboxylic acid groups (broad SMARTS) is 1. The number of aromatic carboxylic acids is 1. The lowest BCUT2D eigenvalue weighted by atomic mass is 9.90. The summed E-state index contributed by atoms with van der Waals surface area (Å²) in [5, 5.41) is 15.9. The molecule has 104 valence electrons. The van der Waals surface area contributed by atoms with E-state index in [1.165, 1.54) is 10.9 Å². The van der Waals surface area contributed by atoms with Crippen molar-refractivity contribution in [1.29, 1.82) is 0 Å². The molecule has 0 atom stereocenters. The van der Waals surface area contributed by atoms with E-state index in [2.05, 4.69) is 10.3 Å². The fraction of sp³-hybridized carbons (Fsp3) is 0.667. The molecule has 1 fully saturated rings. The smallest absolute Gasteiger partial charge is 0.358 e. The Bertz CT molecular complexity index is 479. The van der Waals surface area contributed by atoms with Crippen LogP contribution in [0.2, 0.25) is 0 Å². The fourth-order valence-corrected chi connectivity index (χ4v) is 2.27. The molecule has 1 aliphatic carbocycles. The summed E-state index contributed by atoms with van der Waals surface area (Å²) in [6.07, 6.45) is 4.52. The minimum atomic E-state index is -1.14. The zero-order valence-electron chi connectivity index (χ0n) is 11.1.